The molecule has 0 fully saturated rings. The summed E-state index contributed by atoms with van der Waals surface area (Å²) in [5.74, 6) is 0.0297. The molecule has 2 rings (SSSR count). The summed E-state index contributed by atoms with van der Waals surface area (Å²) in [6.45, 7) is 3.80. The van der Waals surface area contributed by atoms with E-state index >= 15 is 0 Å². The molecule has 0 atom stereocenters. The number of rotatable bonds is 5. The van der Waals surface area contributed by atoms with Gasteiger partial charge in [0.15, 0.2) is 0 Å². The maximum Gasteiger partial charge on any atom is 0.381 e. The molecule has 1 aromatic heterocycles. The fraction of sp³-hybridized carbons (Fsp3) is 0.286. The lowest BCUT2D eigenvalue weighted by atomic mass is 10.1. The van der Waals surface area contributed by atoms with E-state index in [9.17, 15) is 14.9 Å². The SMILES string of the molecule is Cc1cc(Br)cc(NC(=O)CCn2cc([N+](=O)[O-])nc2C)c1N. The van der Waals surface area contributed by atoms with Gasteiger partial charge in [0.25, 0.3) is 0 Å². The van der Waals surface area contributed by atoms with Gasteiger partial charge >= 0.3 is 5.82 Å². The second-order valence-corrected chi connectivity index (χ2v) is 5.99. The molecule has 0 aliphatic rings. The van der Waals surface area contributed by atoms with Crippen molar-refractivity contribution in [3.63, 3.8) is 0 Å². The molecule has 0 spiro atoms. The first-order valence-corrected chi connectivity index (χ1v) is 7.61. The van der Waals surface area contributed by atoms with Crippen LogP contribution in [0.2, 0.25) is 0 Å². The van der Waals surface area contributed by atoms with Gasteiger partial charge in [-0.2, -0.15) is 0 Å². The third-order valence-electron chi connectivity index (χ3n) is 3.36. The predicted octanol–water partition coefficient (Wildman–Crippen LogP) is 2.78. The number of carbonyl (C=O) groups excluding carboxylic acids is 1. The number of nitrogens with one attached hydrogen (secondary N) is 1. The highest BCUT2D eigenvalue weighted by Gasteiger charge is 2.16. The number of anilines is 2. The Kier molecular flexibility index (Phi) is 4.99. The molecule has 2 aromatic rings. The number of amides is 1. The normalized spacial score (nSPS) is 10.6. The molecule has 23 heavy (non-hydrogen) atoms. The molecule has 1 heterocycles. The molecule has 0 saturated heterocycles. The van der Waals surface area contributed by atoms with Gasteiger partial charge in [0, 0.05) is 24.4 Å². The fourth-order valence-electron chi connectivity index (χ4n) is 2.10. The maximum atomic E-state index is 12.1. The largest absolute Gasteiger partial charge is 0.397 e. The highest BCUT2D eigenvalue weighted by Crippen LogP contribution is 2.27. The summed E-state index contributed by atoms with van der Waals surface area (Å²) in [5.41, 5.74) is 7.85. The lowest BCUT2D eigenvalue weighted by molar-refractivity contribution is -0.389. The maximum absolute atomic E-state index is 12.1. The number of nitrogens with two attached hydrogens (primary N) is 1. The van der Waals surface area contributed by atoms with Crippen molar-refractivity contribution < 1.29 is 9.72 Å². The van der Waals surface area contributed by atoms with Gasteiger partial charge in [0.2, 0.25) is 11.7 Å². The standard InChI is InChI=1S/C14H16BrN5O3/c1-8-5-10(15)6-11(14(8)16)18-13(21)3-4-19-7-12(20(22)23)17-9(19)2/h5-7H,3-4,16H2,1-2H3,(H,18,21). The Morgan fingerprint density at radius 3 is 2.78 bits per heavy atom. The summed E-state index contributed by atoms with van der Waals surface area (Å²) in [5, 5.41) is 13.4. The number of halogens is 1. The summed E-state index contributed by atoms with van der Waals surface area (Å²) >= 11 is 3.36. The first kappa shape index (κ1) is 16.9. The summed E-state index contributed by atoms with van der Waals surface area (Å²) < 4.78 is 2.40. The number of nitro groups is 1. The minimum atomic E-state index is -0.561. The van der Waals surface area contributed by atoms with Crippen molar-refractivity contribution in [2.75, 3.05) is 11.1 Å². The molecule has 3 N–H and O–H groups in total. The number of benzene rings is 1. The van der Waals surface area contributed by atoms with Crippen molar-refractivity contribution in [1.82, 2.24) is 9.55 Å². The summed E-state index contributed by atoms with van der Waals surface area (Å²) in [4.78, 5) is 26.0. The van der Waals surface area contributed by atoms with Crippen LogP contribution in [0.25, 0.3) is 0 Å². The van der Waals surface area contributed by atoms with Crippen molar-refractivity contribution in [1.29, 1.82) is 0 Å². The minimum absolute atomic E-state index is 0.152. The van der Waals surface area contributed by atoms with E-state index < -0.39 is 4.92 Å². The Balaban J connectivity index is 2.02. The van der Waals surface area contributed by atoms with Gasteiger partial charge < -0.3 is 25.7 Å². The molecule has 1 aromatic carbocycles. The predicted molar refractivity (Wildman–Crippen MR) is 90.2 cm³/mol. The number of hydrogen-bond donors (Lipinski definition) is 2. The quantitative estimate of drug-likeness (QED) is 0.469. The Labute approximate surface area is 141 Å². The van der Waals surface area contributed by atoms with Crippen molar-refractivity contribution in [3.8, 4) is 0 Å². The van der Waals surface area contributed by atoms with Crippen LogP contribution >= 0.6 is 15.9 Å². The van der Waals surface area contributed by atoms with Gasteiger partial charge in [-0.15, -0.1) is 0 Å². The molecular formula is C14H16BrN5O3. The summed E-state index contributed by atoms with van der Waals surface area (Å²) in [7, 11) is 0. The number of nitrogens with zero attached hydrogens (tertiary/aromatic N) is 3. The zero-order valence-corrected chi connectivity index (χ0v) is 14.3. The van der Waals surface area contributed by atoms with Crippen LogP contribution in [0.4, 0.5) is 17.2 Å². The smallest absolute Gasteiger partial charge is 0.381 e. The van der Waals surface area contributed by atoms with Crippen LogP contribution in [0.1, 0.15) is 17.8 Å². The molecule has 1 amide bonds. The molecular weight excluding hydrogens is 366 g/mol. The van der Waals surface area contributed by atoms with Crippen LogP contribution < -0.4 is 11.1 Å². The summed E-state index contributed by atoms with van der Waals surface area (Å²) in [6.07, 6.45) is 1.47. The van der Waals surface area contributed by atoms with Crippen LogP contribution in [0.5, 0.6) is 0 Å². The molecule has 0 radical (unpaired) electrons. The van der Waals surface area contributed by atoms with Gasteiger partial charge in [-0.1, -0.05) is 15.9 Å². The van der Waals surface area contributed by atoms with Crippen LogP contribution in [0.3, 0.4) is 0 Å². The van der Waals surface area contributed by atoms with E-state index in [0.29, 0.717) is 23.7 Å². The molecule has 0 bridgehead atoms. The van der Waals surface area contributed by atoms with Gasteiger partial charge in [0.05, 0.1) is 11.4 Å². The minimum Gasteiger partial charge on any atom is -0.397 e. The Bertz CT molecular complexity index is 772. The van der Waals surface area contributed by atoms with Gasteiger partial charge in [0.1, 0.15) is 6.20 Å². The fourth-order valence-corrected chi connectivity index (χ4v) is 2.67. The van der Waals surface area contributed by atoms with E-state index in [2.05, 4.69) is 26.2 Å². The highest BCUT2D eigenvalue weighted by atomic mass is 79.9. The molecule has 9 heteroatoms. The van der Waals surface area contributed by atoms with Crippen LogP contribution in [-0.4, -0.2) is 20.4 Å². The zero-order chi connectivity index (χ0) is 17.1. The van der Waals surface area contributed by atoms with E-state index in [0.717, 1.165) is 10.0 Å². The van der Waals surface area contributed by atoms with E-state index in [1.807, 2.05) is 13.0 Å². The molecule has 122 valence electrons. The molecule has 0 aliphatic carbocycles. The van der Waals surface area contributed by atoms with Gasteiger partial charge in [-0.05, 0) is 34.5 Å². The molecule has 0 unspecified atom stereocenters. The lowest BCUT2D eigenvalue weighted by Gasteiger charge is -2.11. The topological polar surface area (TPSA) is 116 Å². The first-order chi connectivity index (χ1) is 10.8. The lowest BCUT2D eigenvalue weighted by Crippen LogP contribution is -2.16. The number of aryl methyl sites for hydroxylation is 3. The number of aromatic nitrogens is 2. The van der Waals surface area contributed by atoms with Crippen molar-refractivity contribution >= 4 is 39.0 Å². The van der Waals surface area contributed by atoms with E-state index in [4.69, 9.17) is 5.73 Å². The average Bonchev–Trinajstić information content (AvgIpc) is 2.83. The number of nitrogen functional groups attached to an aromatic ring is 1. The first-order valence-electron chi connectivity index (χ1n) is 6.81. The monoisotopic (exact) mass is 381 g/mol. The third-order valence-corrected chi connectivity index (χ3v) is 3.81. The highest BCUT2D eigenvalue weighted by molar-refractivity contribution is 9.10. The Morgan fingerprint density at radius 2 is 2.17 bits per heavy atom. The van der Waals surface area contributed by atoms with Gasteiger partial charge in [-0.3, -0.25) is 4.79 Å². The van der Waals surface area contributed by atoms with Crippen LogP contribution in [0, 0.1) is 24.0 Å². The second-order valence-electron chi connectivity index (χ2n) is 5.08. The van der Waals surface area contributed by atoms with Crippen molar-refractivity contribution in [3.05, 3.63) is 44.3 Å². The van der Waals surface area contributed by atoms with E-state index in [-0.39, 0.29) is 18.1 Å². The Hall–Kier alpha value is -2.42. The Morgan fingerprint density at radius 1 is 1.48 bits per heavy atom. The summed E-state index contributed by atoms with van der Waals surface area (Å²) in [6, 6.07) is 3.59. The van der Waals surface area contributed by atoms with E-state index in [1.165, 1.54) is 6.20 Å². The van der Waals surface area contributed by atoms with Gasteiger partial charge in [-0.25, -0.2) is 0 Å². The molecule has 0 aliphatic heterocycles. The number of carbonyl (C=O) groups is 1. The number of imidazole rings is 1. The van der Waals surface area contributed by atoms with Crippen LogP contribution in [0.15, 0.2) is 22.8 Å². The molecule has 8 nitrogen and oxygen atoms in total. The number of hydrogen-bond acceptors (Lipinski definition) is 5. The molecule has 0 saturated carbocycles. The zero-order valence-electron chi connectivity index (χ0n) is 12.7. The van der Waals surface area contributed by atoms with E-state index in [1.54, 1.807) is 17.6 Å². The average molecular weight is 382 g/mol. The van der Waals surface area contributed by atoms with Crippen molar-refractivity contribution in [2.24, 2.45) is 0 Å². The second kappa shape index (κ2) is 6.78. The van der Waals surface area contributed by atoms with Crippen LogP contribution in [-0.2, 0) is 11.3 Å². The van der Waals surface area contributed by atoms with Crippen molar-refractivity contribution in [2.45, 2.75) is 26.8 Å². The third kappa shape index (κ3) is 4.07.